The van der Waals surface area contributed by atoms with Crippen molar-refractivity contribution in [3.8, 4) is 17.3 Å². The maximum absolute atomic E-state index is 8.79. The zero-order valence-electron chi connectivity index (χ0n) is 10.2. The van der Waals surface area contributed by atoms with Gasteiger partial charge in [0.15, 0.2) is 0 Å². The van der Waals surface area contributed by atoms with Crippen LogP contribution in [-0.2, 0) is 0 Å². The van der Waals surface area contributed by atoms with Crippen LogP contribution in [0.2, 0.25) is 0 Å². The molecule has 3 rings (SSSR count). The van der Waals surface area contributed by atoms with Crippen molar-refractivity contribution in [2.45, 2.75) is 25.8 Å². The molecule has 0 atom stereocenters. The number of hydrogen-bond acceptors (Lipinski definition) is 3. The van der Waals surface area contributed by atoms with E-state index in [2.05, 4.69) is 15.6 Å². The molecule has 0 spiro atoms. The molecule has 1 aromatic carbocycles. The van der Waals surface area contributed by atoms with Crippen molar-refractivity contribution in [1.82, 2.24) is 9.55 Å². The Hall–Kier alpha value is -2.28. The van der Waals surface area contributed by atoms with Crippen LogP contribution in [0.3, 0.4) is 0 Å². The van der Waals surface area contributed by atoms with Gasteiger partial charge in [-0.2, -0.15) is 5.26 Å². The molecular formula is C14H14N4. The van der Waals surface area contributed by atoms with E-state index in [1.165, 1.54) is 12.8 Å². The van der Waals surface area contributed by atoms with Gasteiger partial charge in [-0.25, -0.2) is 4.98 Å². The number of nitrogens with zero attached hydrogens (tertiary/aromatic N) is 3. The molecule has 0 radical (unpaired) electrons. The summed E-state index contributed by atoms with van der Waals surface area (Å²) in [6.07, 6.45) is 2.38. The number of hydrogen-bond donors (Lipinski definition) is 1. The summed E-state index contributed by atoms with van der Waals surface area (Å²) < 4.78 is 2.12. The molecule has 1 saturated carbocycles. The number of nitrogen functional groups attached to an aromatic ring is 1. The van der Waals surface area contributed by atoms with Gasteiger partial charge in [0, 0.05) is 11.6 Å². The molecule has 0 bridgehead atoms. The van der Waals surface area contributed by atoms with Crippen molar-refractivity contribution in [3.05, 3.63) is 35.7 Å². The maximum Gasteiger partial charge on any atom is 0.131 e. The Kier molecular flexibility index (Phi) is 2.34. The number of benzene rings is 1. The first-order valence-corrected chi connectivity index (χ1v) is 6.05. The molecule has 18 heavy (non-hydrogen) atoms. The molecule has 4 nitrogen and oxygen atoms in total. The summed E-state index contributed by atoms with van der Waals surface area (Å²) in [6, 6.07) is 10.0. The molecule has 0 amide bonds. The summed E-state index contributed by atoms with van der Waals surface area (Å²) in [5.74, 6) is 1.70. The minimum Gasteiger partial charge on any atom is -0.383 e. The number of aryl methyl sites for hydroxylation is 1. The summed E-state index contributed by atoms with van der Waals surface area (Å²) in [4.78, 5) is 4.55. The van der Waals surface area contributed by atoms with Crippen LogP contribution in [0.25, 0.3) is 11.3 Å². The lowest BCUT2D eigenvalue weighted by molar-refractivity contribution is 0.720. The highest BCUT2D eigenvalue weighted by atomic mass is 15.2. The van der Waals surface area contributed by atoms with Crippen LogP contribution < -0.4 is 5.73 Å². The number of anilines is 1. The van der Waals surface area contributed by atoms with Crippen LogP contribution in [0.1, 0.15) is 30.3 Å². The number of nitrogens with two attached hydrogens (primary N) is 1. The van der Waals surface area contributed by atoms with Crippen LogP contribution in [0.4, 0.5) is 5.82 Å². The zero-order valence-corrected chi connectivity index (χ0v) is 10.2. The minimum atomic E-state index is 0.532. The number of nitriles is 1. The first-order valence-electron chi connectivity index (χ1n) is 6.05. The first kappa shape index (κ1) is 10.8. The van der Waals surface area contributed by atoms with Gasteiger partial charge in [0.1, 0.15) is 17.3 Å². The molecule has 1 aromatic heterocycles. The molecule has 1 aliphatic rings. The van der Waals surface area contributed by atoms with Crippen LogP contribution in [-0.4, -0.2) is 9.55 Å². The van der Waals surface area contributed by atoms with Gasteiger partial charge in [0.25, 0.3) is 0 Å². The van der Waals surface area contributed by atoms with E-state index in [0.29, 0.717) is 11.6 Å². The van der Waals surface area contributed by atoms with Crippen molar-refractivity contribution >= 4 is 5.82 Å². The van der Waals surface area contributed by atoms with E-state index in [1.54, 1.807) is 12.1 Å². The molecule has 2 aromatic rings. The molecule has 2 N–H and O–H groups in total. The van der Waals surface area contributed by atoms with Crippen LogP contribution in [0, 0.1) is 18.3 Å². The highest BCUT2D eigenvalue weighted by Crippen LogP contribution is 2.40. The lowest BCUT2D eigenvalue weighted by Crippen LogP contribution is -2.02. The quantitative estimate of drug-likeness (QED) is 0.874. The Morgan fingerprint density at radius 1 is 1.33 bits per heavy atom. The molecule has 0 saturated heterocycles. The van der Waals surface area contributed by atoms with Crippen molar-refractivity contribution in [2.75, 3.05) is 5.73 Å². The first-order chi connectivity index (χ1) is 8.70. The number of aromatic nitrogens is 2. The second-order valence-corrected chi connectivity index (χ2v) is 4.68. The maximum atomic E-state index is 8.79. The standard InChI is InChI=1S/C14H14N4/c1-9-17-13(14(16)18(9)12-6-7-12)11-4-2-10(8-15)3-5-11/h2-5,12H,6-7,16H2,1H3. The highest BCUT2D eigenvalue weighted by molar-refractivity contribution is 5.71. The fourth-order valence-electron chi connectivity index (χ4n) is 2.27. The lowest BCUT2D eigenvalue weighted by Gasteiger charge is -2.05. The zero-order chi connectivity index (χ0) is 12.7. The normalized spacial score (nSPS) is 14.4. The Bertz CT molecular complexity index is 627. The Morgan fingerprint density at radius 2 is 2.00 bits per heavy atom. The topological polar surface area (TPSA) is 67.6 Å². The molecule has 1 fully saturated rings. The predicted molar refractivity (Wildman–Crippen MR) is 69.8 cm³/mol. The molecule has 90 valence electrons. The monoisotopic (exact) mass is 238 g/mol. The van der Waals surface area contributed by atoms with Crippen LogP contribution in [0.15, 0.2) is 24.3 Å². The average molecular weight is 238 g/mol. The van der Waals surface area contributed by atoms with Crippen molar-refractivity contribution in [3.63, 3.8) is 0 Å². The van der Waals surface area contributed by atoms with E-state index < -0.39 is 0 Å². The highest BCUT2D eigenvalue weighted by Gasteiger charge is 2.28. The average Bonchev–Trinajstić information content (AvgIpc) is 3.16. The Labute approximate surface area is 106 Å². The summed E-state index contributed by atoms with van der Waals surface area (Å²) in [5.41, 5.74) is 8.62. The summed E-state index contributed by atoms with van der Waals surface area (Å²) in [6.45, 7) is 1.99. The molecule has 1 aliphatic carbocycles. The summed E-state index contributed by atoms with van der Waals surface area (Å²) >= 11 is 0. The largest absolute Gasteiger partial charge is 0.383 e. The van der Waals surface area contributed by atoms with Gasteiger partial charge in [-0.1, -0.05) is 12.1 Å². The van der Waals surface area contributed by atoms with Crippen LogP contribution in [0.5, 0.6) is 0 Å². The third-order valence-corrected chi connectivity index (χ3v) is 3.32. The summed E-state index contributed by atoms with van der Waals surface area (Å²) in [5, 5.41) is 8.79. The van der Waals surface area contributed by atoms with E-state index in [1.807, 2.05) is 19.1 Å². The number of rotatable bonds is 2. The van der Waals surface area contributed by atoms with E-state index in [9.17, 15) is 0 Å². The fourth-order valence-corrected chi connectivity index (χ4v) is 2.27. The van der Waals surface area contributed by atoms with Gasteiger partial charge in [-0.3, -0.25) is 0 Å². The third-order valence-electron chi connectivity index (χ3n) is 3.32. The molecule has 0 aliphatic heterocycles. The van der Waals surface area contributed by atoms with Gasteiger partial charge in [-0.05, 0) is 31.9 Å². The second kappa shape index (κ2) is 3.88. The van der Waals surface area contributed by atoms with Crippen molar-refractivity contribution in [1.29, 1.82) is 5.26 Å². The van der Waals surface area contributed by atoms with E-state index in [0.717, 1.165) is 22.9 Å². The van der Waals surface area contributed by atoms with Crippen molar-refractivity contribution < 1.29 is 0 Å². The molecule has 4 heteroatoms. The van der Waals surface area contributed by atoms with Crippen LogP contribution >= 0.6 is 0 Å². The smallest absolute Gasteiger partial charge is 0.131 e. The van der Waals surface area contributed by atoms with Gasteiger partial charge >= 0.3 is 0 Å². The third kappa shape index (κ3) is 1.65. The fraction of sp³-hybridized carbons (Fsp3) is 0.286. The Morgan fingerprint density at radius 3 is 2.56 bits per heavy atom. The number of imidazole rings is 1. The van der Waals surface area contributed by atoms with E-state index in [4.69, 9.17) is 11.0 Å². The van der Waals surface area contributed by atoms with Gasteiger partial charge < -0.3 is 10.3 Å². The Balaban J connectivity index is 2.06. The molecule has 0 unspecified atom stereocenters. The minimum absolute atomic E-state index is 0.532. The summed E-state index contributed by atoms with van der Waals surface area (Å²) in [7, 11) is 0. The lowest BCUT2D eigenvalue weighted by atomic mass is 10.1. The van der Waals surface area contributed by atoms with E-state index in [-0.39, 0.29) is 0 Å². The van der Waals surface area contributed by atoms with Gasteiger partial charge in [0.05, 0.1) is 11.6 Å². The van der Waals surface area contributed by atoms with Gasteiger partial charge in [0.2, 0.25) is 0 Å². The molecular weight excluding hydrogens is 224 g/mol. The van der Waals surface area contributed by atoms with Gasteiger partial charge in [-0.15, -0.1) is 0 Å². The van der Waals surface area contributed by atoms with Crippen molar-refractivity contribution in [2.24, 2.45) is 0 Å². The second-order valence-electron chi connectivity index (χ2n) is 4.68. The molecule has 1 heterocycles. The van der Waals surface area contributed by atoms with E-state index >= 15 is 0 Å². The SMILES string of the molecule is Cc1nc(-c2ccc(C#N)cc2)c(N)n1C1CC1. The predicted octanol–water partition coefficient (Wildman–Crippen LogP) is 2.65.